The van der Waals surface area contributed by atoms with Gasteiger partial charge in [0.2, 0.25) is 0 Å². The van der Waals surface area contributed by atoms with Gasteiger partial charge in [-0.2, -0.15) is 0 Å². The summed E-state index contributed by atoms with van der Waals surface area (Å²) in [5.74, 6) is 0. The third-order valence-electron chi connectivity index (χ3n) is 1.55. The van der Waals surface area contributed by atoms with Crippen molar-refractivity contribution in [2.75, 3.05) is 5.73 Å². The molecule has 0 amide bonds. The summed E-state index contributed by atoms with van der Waals surface area (Å²) in [5, 5.41) is 1.43. The number of H-pyrrole nitrogens is 1. The molecule has 0 saturated heterocycles. The van der Waals surface area contributed by atoms with Crippen molar-refractivity contribution in [2.24, 2.45) is 0 Å². The van der Waals surface area contributed by atoms with Crippen LogP contribution in [0.2, 0.25) is 5.02 Å². The van der Waals surface area contributed by atoms with Crippen molar-refractivity contribution in [3.05, 3.63) is 23.5 Å². The molecule has 12 heavy (non-hydrogen) atoms. The van der Waals surface area contributed by atoms with Crippen LogP contribution in [0.5, 0.6) is 0 Å². The quantitative estimate of drug-likeness (QED) is 0.691. The Labute approximate surface area is 80.3 Å². The number of aromatic nitrogens is 2. The highest BCUT2D eigenvalue weighted by Crippen LogP contribution is 2.25. The van der Waals surface area contributed by atoms with E-state index in [4.69, 9.17) is 17.3 Å². The largest absolute Gasteiger partial charge is 0.397 e. The summed E-state index contributed by atoms with van der Waals surface area (Å²) < 4.78 is 0. The van der Waals surface area contributed by atoms with Crippen molar-refractivity contribution in [1.82, 2.24) is 9.97 Å². The third-order valence-corrected chi connectivity index (χ3v) is 1.87. The number of hydrogen-bond acceptors (Lipinski definition) is 2. The summed E-state index contributed by atoms with van der Waals surface area (Å²) in [4.78, 5) is 6.95. The molecule has 3 nitrogen and oxygen atoms in total. The lowest BCUT2D eigenvalue weighted by Gasteiger charge is -1.92. The van der Waals surface area contributed by atoms with Gasteiger partial charge in [0.25, 0.3) is 0 Å². The first-order chi connectivity index (χ1) is 5.29. The van der Waals surface area contributed by atoms with E-state index in [1.165, 1.54) is 0 Å². The van der Waals surface area contributed by atoms with E-state index >= 15 is 0 Å². The van der Waals surface area contributed by atoms with Crippen LogP contribution < -0.4 is 5.73 Å². The molecule has 0 atom stereocenters. The van der Waals surface area contributed by atoms with Crippen molar-refractivity contribution >= 4 is 40.7 Å². The second kappa shape index (κ2) is 3.21. The van der Waals surface area contributed by atoms with Crippen LogP contribution in [0.1, 0.15) is 0 Å². The van der Waals surface area contributed by atoms with Crippen LogP contribution in [0.15, 0.2) is 18.5 Å². The fourth-order valence-electron chi connectivity index (χ4n) is 1.04. The van der Waals surface area contributed by atoms with E-state index in [1.807, 2.05) is 0 Å². The average molecular weight is 204 g/mol. The molecule has 64 valence electrons. The summed E-state index contributed by atoms with van der Waals surface area (Å²) >= 11 is 5.86. The van der Waals surface area contributed by atoms with E-state index in [-0.39, 0.29) is 12.4 Å². The van der Waals surface area contributed by atoms with Gasteiger partial charge in [0.1, 0.15) is 5.65 Å². The zero-order valence-corrected chi connectivity index (χ0v) is 7.62. The van der Waals surface area contributed by atoms with Gasteiger partial charge in [0.05, 0.1) is 16.1 Å². The van der Waals surface area contributed by atoms with Crippen LogP contribution >= 0.6 is 24.0 Å². The number of halogens is 2. The van der Waals surface area contributed by atoms with E-state index < -0.39 is 0 Å². The highest BCUT2D eigenvalue weighted by atomic mass is 35.5. The molecule has 0 fully saturated rings. The third kappa shape index (κ3) is 1.21. The Morgan fingerprint density at radius 3 is 2.92 bits per heavy atom. The summed E-state index contributed by atoms with van der Waals surface area (Å²) in [5.41, 5.74) is 6.99. The fraction of sp³-hybridized carbons (Fsp3) is 0. The molecule has 2 aromatic rings. The average Bonchev–Trinajstić information content (AvgIpc) is 2.34. The highest BCUT2D eigenvalue weighted by Gasteiger charge is 2.03. The van der Waals surface area contributed by atoms with Crippen molar-refractivity contribution in [1.29, 1.82) is 0 Å². The number of rotatable bonds is 0. The number of hydrogen-bond donors (Lipinski definition) is 2. The van der Waals surface area contributed by atoms with E-state index in [1.54, 1.807) is 18.5 Å². The minimum Gasteiger partial charge on any atom is -0.397 e. The van der Waals surface area contributed by atoms with Crippen LogP contribution in [-0.4, -0.2) is 9.97 Å². The molecule has 0 aliphatic carbocycles. The highest BCUT2D eigenvalue weighted by molar-refractivity contribution is 6.36. The topological polar surface area (TPSA) is 54.7 Å². The Hall–Kier alpha value is -0.930. The Kier molecular flexibility index (Phi) is 2.45. The van der Waals surface area contributed by atoms with Gasteiger partial charge in [0.15, 0.2) is 0 Å². The maximum Gasteiger partial charge on any atom is 0.140 e. The molecule has 0 radical (unpaired) electrons. The number of nitrogen functional groups attached to an aromatic ring is 1. The predicted octanol–water partition coefficient (Wildman–Crippen LogP) is 2.22. The van der Waals surface area contributed by atoms with Crippen LogP contribution in [0.4, 0.5) is 5.69 Å². The SMILES string of the molecule is Cl.Nc1c[nH]c2nccc(Cl)c12. The normalized spacial score (nSPS) is 9.75. The van der Waals surface area contributed by atoms with Crippen LogP contribution in [0.3, 0.4) is 0 Å². The number of nitrogens with one attached hydrogen (secondary N) is 1. The van der Waals surface area contributed by atoms with E-state index in [9.17, 15) is 0 Å². The molecule has 2 rings (SSSR count). The first-order valence-electron chi connectivity index (χ1n) is 3.16. The molecule has 2 heterocycles. The minimum absolute atomic E-state index is 0. The van der Waals surface area contributed by atoms with E-state index in [0.29, 0.717) is 10.7 Å². The van der Waals surface area contributed by atoms with Gasteiger partial charge in [-0.05, 0) is 6.07 Å². The maximum atomic E-state index is 5.86. The van der Waals surface area contributed by atoms with Crippen molar-refractivity contribution < 1.29 is 0 Å². The lowest BCUT2D eigenvalue weighted by molar-refractivity contribution is 1.33. The number of nitrogens with zero attached hydrogens (tertiary/aromatic N) is 1. The van der Waals surface area contributed by atoms with Crippen molar-refractivity contribution in [3.8, 4) is 0 Å². The number of nitrogens with two attached hydrogens (primary N) is 1. The molecule has 0 aliphatic heterocycles. The Morgan fingerprint density at radius 1 is 1.50 bits per heavy atom. The predicted molar refractivity (Wildman–Crippen MR) is 52.8 cm³/mol. The molecule has 0 aliphatic rings. The van der Waals surface area contributed by atoms with Gasteiger partial charge in [0, 0.05) is 12.4 Å². The zero-order chi connectivity index (χ0) is 7.84. The second-order valence-corrected chi connectivity index (χ2v) is 2.67. The van der Waals surface area contributed by atoms with Gasteiger partial charge in [-0.15, -0.1) is 12.4 Å². The standard InChI is InChI=1S/C7H6ClN3.ClH/c8-4-1-2-10-7-6(4)5(9)3-11-7;/h1-3H,9H2,(H,10,11);1H. The van der Waals surface area contributed by atoms with E-state index in [2.05, 4.69) is 9.97 Å². The molecule has 0 saturated carbocycles. The van der Waals surface area contributed by atoms with Gasteiger partial charge in [-0.3, -0.25) is 0 Å². The zero-order valence-electron chi connectivity index (χ0n) is 6.04. The second-order valence-electron chi connectivity index (χ2n) is 2.26. The van der Waals surface area contributed by atoms with Crippen LogP contribution in [0, 0.1) is 0 Å². The molecule has 0 bridgehead atoms. The molecule has 5 heteroatoms. The fourth-order valence-corrected chi connectivity index (χ4v) is 1.30. The lowest BCUT2D eigenvalue weighted by atomic mass is 10.3. The van der Waals surface area contributed by atoms with E-state index in [0.717, 1.165) is 11.0 Å². The molecule has 2 aromatic heterocycles. The Bertz CT molecular complexity index is 396. The molecule has 0 unspecified atom stereocenters. The monoisotopic (exact) mass is 203 g/mol. The smallest absolute Gasteiger partial charge is 0.140 e. The maximum absolute atomic E-state index is 5.86. The summed E-state index contributed by atoms with van der Waals surface area (Å²) in [6, 6.07) is 1.72. The minimum atomic E-state index is 0. The lowest BCUT2D eigenvalue weighted by Crippen LogP contribution is -1.81. The van der Waals surface area contributed by atoms with Crippen LogP contribution in [0.25, 0.3) is 11.0 Å². The molecule has 0 spiro atoms. The molecular formula is C7H7Cl2N3. The first kappa shape index (κ1) is 9.16. The van der Waals surface area contributed by atoms with Crippen molar-refractivity contribution in [2.45, 2.75) is 0 Å². The van der Waals surface area contributed by atoms with Gasteiger partial charge < -0.3 is 10.7 Å². The van der Waals surface area contributed by atoms with Crippen LogP contribution in [-0.2, 0) is 0 Å². The molecule has 0 aromatic carbocycles. The van der Waals surface area contributed by atoms with Gasteiger partial charge in [-0.1, -0.05) is 11.6 Å². The molecule has 3 N–H and O–H groups in total. The van der Waals surface area contributed by atoms with Gasteiger partial charge >= 0.3 is 0 Å². The first-order valence-corrected chi connectivity index (χ1v) is 3.54. The number of pyridine rings is 1. The number of anilines is 1. The number of aromatic amines is 1. The Balaban J connectivity index is 0.000000720. The Morgan fingerprint density at radius 2 is 2.25 bits per heavy atom. The van der Waals surface area contributed by atoms with Crippen molar-refractivity contribution in [3.63, 3.8) is 0 Å². The van der Waals surface area contributed by atoms with Gasteiger partial charge in [-0.25, -0.2) is 4.98 Å². The summed E-state index contributed by atoms with van der Waals surface area (Å²) in [6.45, 7) is 0. The molecular weight excluding hydrogens is 197 g/mol. The summed E-state index contributed by atoms with van der Waals surface area (Å²) in [6.07, 6.45) is 3.32. The summed E-state index contributed by atoms with van der Waals surface area (Å²) in [7, 11) is 0. The number of fused-ring (bicyclic) bond motifs is 1.